The van der Waals surface area contributed by atoms with E-state index in [2.05, 4.69) is 31.4 Å². The molecule has 1 aliphatic rings. The first-order valence-corrected chi connectivity index (χ1v) is 9.92. The molecule has 5 nitrogen and oxygen atoms in total. The molecule has 0 radical (unpaired) electrons. The van der Waals surface area contributed by atoms with E-state index in [4.69, 9.17) is 0 Å². The molecule has 1 aromatic carbocycles. The Morgan fingerprint density at radius 2 is 1.85 bits per heavy atom. The number of rotatable bonds is 3. The molecular formula is C20H21BrN4O. The van der Waals surface area contributed by atoms with Crippen LogP contribution in [0.5, 0.6) is 0 Å². The highest BCUT2D eigenvalue weighted by Crippen LogP contribution is 2.27. The van der Waals surface area contributed by atoms with Crippen LogP contribution in [0.1, 0.15) is 48.9 Å². The molecule has 1 N–H and O–H groups in total. The Morgan fingerprint density at radius 3 is 2.62 bits per heavy atom. The summed E-state index contributed by atoms with van der Waals surface area (Å²) in [7, 11) is 0. The largest absolute Gasteiger partial charge is 0.349 e. The first kappa shape index (κ1) is 17.2. The van der Waals surface area contributed by atoms with Crippen LogP contribution in [0.2, 0.25) is 0 Å². The molecule has 0 spiro atoms. The Hall–Kier alpha value is -2.21. The molecule has 26 heavy (non-hydrogen) atoms. The van der Waals surface area contributed by atoms with Crippen molar-refractivity contribution in [3.05, 3.63) is 52.6 Å². The fourth-order valence-corrected chi connectivity index (χ4v) is 4.01. The van der Waals surface area contributed by atoms with Crippen molar-refractivity contribution in [3.8, 4) is 11.4 Å². The molecule has 0 unspecified atom stereocenters. The molecule has 6 heteroatoms. The van der Waals surface area contributed by atoms with Crippen molar-refractivity contribution >= 4 is 27.5 Å². The number of hydrogen-bond acceptors (Lipinski definition) is 3. The predicted octanol–water partition coefficient (Wildman–Crippen LogP) is 4.61. The van der Waals surface area contributed by atoms with Crippen LogP contribution in [0, 0.1) is 0 Å². The molecule has 0 atom stereocenters. The molecule has 0 aliphatic heterocycles. The number of aromatic nitrogens is 3. The lowest BCUT2D eigenvalue weighted by Gasteiger charge is -2.16. The minimum atomic E-state index is -0.0233. The van der Waals surface area contributed by atoms with Gasteiger partial charge >= 0.3 is 0 Å². The van der Waals surface area contributed by atoms with Crippen molar-refractivity contribution in [3.63, 3.8) is 0 Å². The van der Waals surface area contributed by atoms with Crippen molar-refractivity contribution < 1.29 is 4.79 Å². The number of amides is 1. The number of carbonyl (C=O) groups excluding carboxylic acids is 1. The molecule has 0 bridgehead atoms. The first-order chi connectivity index (χ1) is 12.7. The van der Waals surface area contributed by atoms with Crippen molar-refractivity contribution in [2.45, 2.75) is 44.6 Å². The highest BCUT2D eigenvalue weighted by atomic mass is 79.9. The third-order valence-corrected chi connectivity index (χ3v) is 5.67. The molecule has 4 rings (SSSR count). The smallest absolute Gasteiger partial charge is 0.251 e. The maximum atomic E-state index is 12.6. The lowest BCUT2D eigenvalue weighted by Crippen LogP contribution is -2.34. The fourth-order valence-electron chi connectivity index (χ4n) is 3.55. The summed E-state index contributed by atoms with van der Waals surface area (Å²) in [5.74, 6) is 0.730. The number of benzene rings is 1. The summed E-state index contributed by atoms with van der Waals surface area (Å²) >= 11 is 3.56. The van der Waals surface area contributed by atoms with E-state index in [9.17, 15) is 4.79 Å². The Kier molecular flexibility index (Phi) is 5.02. The SMILES string of the molecule is O=C(NC1CCCCCC1)c1ccn2c(-c3ccccc3Br)nnc2c1. The third kappa shape index (κ3) is 3.51. The third-order valence-electron chi connectivity index (χ3n) is 4.98. The van der Waals surface area contributed by atoms with E-state index < -0.39 is 0 Å². The monoisotopic (exact) mass is 412 g/mol. The van der Waals surface area contributed by atoms with Crippen LogP contribution in [-0.2, 0) is 0 Å². The molecule has 1 fully saturated rings. The van der Waals surface area contributed by atoms with Crippen LogP contribution in [0.25, 0.3) is 17.0 Å². The van der Waals surface area contributed by atoms with Gasteiger partial charge in [-0.15, -0.1) is 10.2 Å². The summed E-state index contributed by atoms with van der Waals surface area (Å²) in [6.45, 7) is 0. The van der Waals surface area contributed by atoms with E-state index >= 15 is 0 Å². The topological polar surface area (TPSA) is 59.3 Å². The lowest BCUT2D eigenvalue weighted by atomic mass is 10.1. The van der Waals surface area contributed by atoms with Crippen LogP contribution in [-0.4, -0.2) is 26.5 Å². The number of hydrogen-bond donors (Lipinski definition) is 1. The highest BCUT2D eigenvalue weighted by Gasteiger charge is 2.17. The van der Waals surface area contributed by atoms with Gasteiger partial charge in [0, 0.05) is 27.8 Å². The zero-order valence-corrected chi connectivity index (χ0v) is 16.1. The summed E-state index contributed by atoms with van der Waals surface area (Å²) in [5.41, 5.74) is 2.27. The van der Waals surface area contributed by atoms with Gasteiger partial charge in [-0.05, 0) is 31.0 Å². The Bertz CT molecular complexity index is 928. The van der Waals surface area contributed by atoms with Crippen LogP contribution < -0.4 is 5.32 Å². The van der Waals surface area contributed by atoms with Crippen LogP contribution in [0.4, 0.5) is 0 Å². The second-order valence-corrected chi connectivity index (χ2v) is 7.66. The second kappa shape index (κ2) is 7.58. The lowest BCUT2D eigenvalue weighted by molar-refractivity contribution is 0.0933. The average Bonchev–Trinajstić information content (AvgIpc) is 2.90. The van der Waals surface area contributed by atoms with Gasteiger partial charge < -0.3 is 5.32 Å². The standard InChI is InChI=1S/C20H21BrN4O/c21-17-10-6-5-9-16(17)19-24-23-18-13-14(11-12-25(18)19)20(26)22-15-7-3-1-2-4-8-15/h5-6,9-13,15H,1-4,7-8H2,(H,22,26). The second-order valence-electron chi connectivity index (χ2n) is 6.81. The van der Waals surface area contributed by atoms with Gasteiger partial charge in [0.05, 0.1) is 0 Å². The van der Waals surface area contributed by atoms with Crippen molar-refractivity contribution in [2.24, 2.45) is 0 Å². The van der Waals surface area contributed by atoms with Crippen molar-refractivity contribution in [1.29, 1.82) is 0 Å². The zero-order valence-electron chi connectivity index (χ0n) is 14.5. The van der Waals surface area contributed by atoms with E-state index in [-0.39, 0.29) is 11.9 Å². The zero-order chi connectivity index (χ0) is 17.9. The summed E-state index contributed by atoms with van der Waals surface area (Å²) in [4.78, 5) is 12.6. The molecule has 2 heterocycles. The summed E-state index contributed by atoms with van der Waals surface area (Å²) in [6, 6.07) is 11.8. The van der Waals surface area contributed by atoms with E-state index in [1.165, 1.54) is 25.7 Å². The van der Waals surface area contributed by atoms with Gasteiger partial charge in [0.15, 0.2) is 11.5 Å². The number of pyridine rings is 1. The Labute approximate surface area is 161 Å². The number of nitrogens with zero attached hydrogens (tertiary/aromatic N) is 3. The summed E-state index contributed by atoms with van der Waals surface area (Å²) in [5, 5.41) is 11.7. The average molecular weight is 413 g/mol. The van der Waals surface area contributed by atoms with Gasteiger partial charge in [0.1, 0.15) is 0 Å². The molecular weight excluding hydrogens is 392 g/mol. The van der Waals surface area contributed by atoms with E-state index in [0.29, 0.717) is 11.2 Å². The molecule has 1 aliphatic carbocycles. The minimum absolute atomic E-state index is 0.0233. The molecule has 134 valence electrons. The van der Waals surface area contributed by atoms with Crippen molar-refractivity contribution in [1.82, 2.24) is 19.9 Å². The van der Waals surface area contributed by atoms with E-state index in [0.717, 1.165) is 28.7 Å². The molecule has 0 saturated heterocycles. The molecule has 1 amide bonds. The van der Waals surface area contributed by atoms with Gasteiger partial charge in [-0.2, -0.15) is 0 Å². The van der Waals surface area contributed by atoms with Crippen LogP contribution >= 0.6 is 15.9 Å². The molecule has 2 aromatic heterocycles. The predicted molar refractivity (Wildman–Crippen MR) is 105 cm³/mol. The first-order valence-electron chi connectivity index (χ1n) is 9.13. The summed E-state index contributed by atoms with van der Waals surface area (Å²) < 4.78 is 2.87. The quantitative estimate of drug-likeness (QED) is 0.638. The van der Waals surface area contributed by atoms with E-state index in [1.54, 1.807) is 6.07 Å². The van der Waals surface area contributed by atoms with E-state index in [1.807, 2.05) is 40.9 Å². The summed E-state index contributed by atoms with van der Waals surface area (Å²) in [6.07, 6.45) is 8.96. The Morgan fingerprint density at radius 1 is 1.08 bits per heavy atom. The number of fused-ring (bicyclic) bond motifs is 1. The maximum Gasteiger partial charge on any atom is 0.251 e. The number of carbonyl (C=O) groups is 1. The van der Waals surface area contributed by atoms with Crippen LogP contribution in [0.3, 0.4) is 0 Å². The molecule has 3 aromatic rings. The number of nitrogens with one attached hydrogen (secondary N) is 1. The van der Waals surface area contributed by atoms with Gasteiger partial charge in [0.25, 0.3) is 5.91 Å². The van der Waals surface area contributed by atoms with Gasteiger partial charge in [-0.3, -0.25) is 9.20 Å². The van der Waals surface area contributed by atoms with Gasteiger partial charge in [-0.1, -0.05) is 59.8 Å². The maximum absolute atomic E-state index is 12.6. The van der Waals surface area contributed by atoms with Gasteiger partial charge in [-0.25, -0.2) is 0 Å². The fraction of sp³-hybridized carbons (Fsp3) is 0.350. The van der Waals surface area contributed by atoms with Crippen molar-refractivity contribution in [2.75, 3.05) is 0 Å². The highest BCUT2D eigenvalue weighted by molar-refractivity contribution is 9.10. The minimum Gasteiger partial charge on any atom is -0.349 e. The molecule has 1 saturated carbocycles. The van der Waals surface area contributed by atoms with Crippen LogP contribution in [0.15, 0.2) is 47.1 Å². The normalized spacial score (nSPS) is 15.7. The number of halogens is 1. The van der Waals surface area contributed by atoms with Gasteiger partial charge in [0.2, 0.25) is 0 Å². The Balaban J connectivity index is 1.58.